The van der Waals surface area contributed by atoms with Crippen molar-refractivity contribution in [3.8, 4) is 0 Å². The normalized spacial score (nSPS) is 10.7. The Bertz CT molecular complexity index is 717. The molecule has 0 aromatic carbocycles. The maximum atomic E-state index is 12.2. The van der Waals surface area contributed by atoms with E-state index in [1.54, 1.807) is 0 Å². The molecule has 1 heterocycles. The van der Waals surface area contributed by atoms with E-state index in [4.69, 9.17) is 15.5 Å². The van der Waals surface area contributed by atoms with Crippen LogP contribution in [0.25, 0.3) is 0 Å². The first-order valence-corrected chi connectivity index (χ1v) is 6.94. The molecule has 12 nitrogen and oxygen atoms in total. The van der Waals surface area contributed by atoms with E-state index < -0.39 is 54.9 Å². The molecule has 0 aliphatic rings. The third kappa shape index (κ3) is 4.89. The highest BCUT2D eigenvalue weighted by atomic mass is 17.1. The van der Waals surface area contributed by atoms with Crippen LogP contribution >= 0.6 is 0 Å². The van der Waals surface area contributed by atoms with Crippen LogP contribution in [0.1, 0.15) is 19.3 Å². The molecule has 0 amide bonds. The number of aliphatic carboxylic acids is 2. The van der Waals surface area contributed by atoms with Crippen molar-refractivity contribution in [2.45, 2.75) is 38.9 Å². The summed E-state index contributed by atoms with van der Waals surface area (Å²) >= 11 is 0. The van der Waals surface area contributed by atoms with Gasteiger partial charge in [0.25, 0.3) is 0 Å². The lowest BCUT2D eigenvalue weighted by Gasteiger charge is -2.12. The minimum atomic E-state index is -1.25. The van der Waals surface area contributed by atoms with Gasteiger partial charge < -0.3 is 10.2 Å². The van der Waals surface area contributed by atoms with E-state index in [1.807, 2.05) is 0 Å². The maximum absolute atomic E-state index is 12.2. The zero-order valence-corrected chi connectivity index (χ0v) is 12.6. The zero-order valence-electron chi connectivity index (χ0n) is 12.6. The molecule has 0 aliphatic carbocycles. The molecule has 3 N–H and O–H groups in total. The minimum Gasteiger partial charge on any atom is -0.481 e. The lowest BCUT2D eigenvalue weighted by Crippen LogP contribution is -2.54. The van der Waals surface area contributed by atoms with E-state index in [0.29, 0.717) is 13.7 Å². The number of rotatable bonds is 10. The number of aromatic nitrogens is 3. The molecule has 0 atom stereocenters. The number of nitrogens with zero attached hydrogens (tertiary/aromatic N) is 3. The summed E-state index contributed by atoms with van der Waals surface area (Å²) in [5.74, 6) is -2.49. The average molecular weight is 347 g/mol. The highest BCUT2D eigenvalue weighted by Gasteiger charge is 2.16. The molecule has 1 aromatic heterocycles. The number of hydrogen-bond acceptors (Lipinski definition) is 7. The molecule has 0 radical (unpaired) electrons. The Morgan fingerprint density at radius 2 is 1.17 bits per heavy atom. The Morgan fingerprint density at radius 3 is 1.50 bits per heavy atom. The Labute approximate surface area is 133 Å². The fourth-order valence-corrected chi connectivity index (χ4v) is 1.96. The van der Waals surface area contributed by atoms with Gasteiger partial charge in [0.15, 0.2) is 0 Å². The molecule has 134 valence electrons. The molecule has 0 fully saturated rings. The number of carboxylic acids is 2. The van der Waals surface area contributed by atoms with Gasteiger partial charge >= 0.3 is 29.0 Å². The Balaban J connectivity index is 3.37. The van der Waals surface area contributed by atoms with Crippen molar-refractivity contribution in [3.05, 3.63) is 31.5 Å². The molecule has 0 bridgehead atoms. The second-order valence-electron chi connectivity index (χ2n) is 4.78. The van der Waals surface area contributed by atoms with Gasteiger partial charge in [-0.1, -0.05) is 0 Å². The Morgan fingerprint density at radius 1 is 0.792 bits per heavy atom. The summed E-state index contributed by atoms with van der Waals surface area (Å²) in [4.78, 5) is 61.7. The molecule has 12 heteroatoms. The van der Waals surface area contributed by atoms with Crippen LogP contribution in [0.4, 0.5) is 0 Å². The largest absolute Gasteiger partial charge is 0.481 e. The highest BCUT2D eigenvalue weighted by molar-refractivity contribution is 5.66. The molecule has 1 rings (SSSR count). The summed E-state index contributed by atoms with van der Waals surface area (Å²) in [5, 5.41) is 25.6. The molecule has 0 unspecified atom stereocenters. The molecule has 0 saturated carbocycles. The van der Waals surface area contributed by atoms with Gasteiger partial charge in [0.05, 0.1) is 19.4 Å². The van der Waals surface area contributed by atoms with E-state index in [2.05, 4.69) is 4.89 Å². The van der Waals surface area contributed by atoms with E-state index in [0.717, 1.165) is 0 Å². The molecule has 0 saturated heterocycles. The fourth-order valence-electron chi connectivity index (χ4n) is 1.96. The monoisotopic (exact) mass is 347 g/mol. The molecule has 0 aliphatic heterocycles. The minimum absolute atomic E-state index is 0.0711. The summed E-state index contributed by atoms with van der Waals surface area (Å²) in [5.41, 5.74) is -3.08. The molecule has 1 aromatic rings. The molecule has 24 heavy (non-hydrogen) atoms. The smallest absolute Gasteiger partial charge is 0.336 e. The first-order chi connectivity index (χ1) is 11.3. The highest BCUT2D eigenvalue weighted by Crippen LogP contribution is 1.88. The van der Waals surface area contributed by atoms with Crippen molar-refractivity contribution in [2.75, 3.05) is 6.61 Å². The fraction of sp³-hybridized carbons (Fsp3) is 0.583. The van der Waals surface area contributed by atoms with Gasteiger partial charge in [0.1, 0.15) is 0 Å². The zero-order chi connectivity index (χ0) is 18.3. The van der Waals surface area contributed by atoms with Crippen LogP contribution in [0.15, 0.2) is 14.4 Å². The van der Waals surface area contributed by atoms with Crippen LogP contribution in [-0.4, -0.2) is 47.7 Å². The van der Waals surface area contributed by atoms with E-state index >= 15 is 0 Å². The van der Waals surface area contributed by atoms with Gasteiger partial charge in [-0.05, 0) is 6.42 Å². The van der Waals surface area contributed by atoms with Gasteiger partial charge in [-0.2, -0.15) is 0 Å². The van der Waals surface area contributed by atoms with Crippen molar-refractivity contribution in [1.29, 1.82) is 0 Å². The van der Waals surface area contributed by atoms with Crippen LogP contribution < -0.4 is 17.1 Å². The van der Waals surface area contributed by atoms with E-state index in [1.165, 1.54) is 0 Å². The summed E-state index contributed by atoms with van der Waals surface area (Å²) in [6.45, 7) is -1.29. The number of hydrogen-bond donors (Lipinski definition) is 3. The second kappa shape index (κ2) is 8.79. The van der Waals surface area contributed by atoms with Crippen LogP contribution in [0, 0.1) is 0 Å². The van der Waals surface area contributed by atoms with Crippen LogP contribution in [0.2, 0.25) is 0 Å². The third-order valence-corrected chi connectivity index (χ3v) is 3.10. The first-order valence-electron chi connectivity index (χ1n) is 6.94. The Kier molecular flexibility index (Phi) is 7.07. The third-order valence-electron chi connectivity index (χ3n) is 3.10. The van der Waals surface area contributed by atoms with Crippen molar-refractivity contribution in [2.24, 2.45) is 0 Å². The Hall–Kier alpha value is -2.73. The van der Waals surface area contributed by atoms with Gasteiger partial charge in [-0.3, -0.25) is 14.8 Å². The number of carbonyl (C=O) groups is 2. The summed E-state index contributed by atoms with van der Waals surface area (Å²) in [6.07, 6.45) is -0.972. The van der Waals surface area contributed by atoms with Crippen LogP contribution in [0.5, 0.6) is 0 Å². The standard InChI is InChI=1S/C12H17N3O9/c16-8(17)2-5-14-10(20)13(4-1-7-24-23)11(21)15(12(14)22)6-3-9(18)19/h23H,1-7H2,(H,16,17)(H,18,19). The van der Waals surface area contributed by atoms with Gasteiger partial charge in [-0.15, -0.1) is 0 Å². The SMILES string of the molecule is O=C(O)CCn1c(=O)n(CCCOO)c(=O)n(CCC(=O)O)c1=O. The number of carboxylic acid groups (broad SMARTS) is 2. The lowest BCUT2D eigenvalue weighted by molar-refractivity contribution is -0.243. The quantitative estimate of drug-likeness (QED) is 0.246. The lowest BCUT2D eigenvalue weighted by atomic mass is 10.4. The van der Waals surface area contributed by atoms with Crippen molar-refractivity contribution < 1.29 is 29.9 Å². The van der Waals surface area contributed by atoms with Gasteiger partial charge in [0.2, 0.25) is 0 Å². The summed E-state index contributed by atoms with van der Waals surface area (Å²) in [6, 6.07) is 0. The summed E-state index contributed by atoms with van der Waals surface area (Å²) < 4.78 is 1.80. The second-order valence-corrected chi connectivity index (χ2v) is 4.78. The molecular formula is C12H17N3O9. The topological polar surface area (TPSA) is 170 Å². The summed E-state index contributed by atoms with van der Waals surface area (Å²) in [7, 11) is 0. The van der Waals surface area contributed by atoms with Crippen molar-refractivity contribution >= 4 is 11.9 Å². The van der Waals surface area contributed by atoms with Crippen LogP contribution in [-0.2, 0) is 34.1 Å². The maximum Gasteiger partial charge on any atom is 0.336 e. The van der Waals surface area contributed by atoms with Gasteiger partial charge in [0, 0.05) is 19.6 Å². The predicted octanol–water partition coefficient (Wildman–Crippen LogP) is -2.00. The van der Waals surface area contributed by atoms with Gasteiger partial charge in [-0.25, -0.2) is 33.0 Å². The first kappa shape index (κ1) is 19.3. The van der Waals surface area contributed by atoms with E-state index in [-0.39, 0.29) is 19.6 Å². The van der Waals surface area contributed by atoms with E-state index in [9.17, 15) is 24.0 Å². The molecular weight excluding hydrogens is 330 g/mol. The molecule has 0 spiro atoms. The van der Waals surface area contributed by atoms with Crippen molar-refractivity contribution in [3.63, 3.8) is 0 Å². The van der Waals surface area contributed by atoms with Crippen molar-refractivity contribution in [1.82, 2.24) is 13.7 Å². The van der Waals surface area contributed by atoms with Crippen LogP contribution in [0.3, 0.4) is 0 Å². The predicted molar refractivity (Wildman–Crippen MR) is 76.9 cm³/mol. The average Bonchev–Trinajstić information content (AvgIpc) is 2.49.